The molecule has 29 heavy (non-hydrogen) atoms. The van der Waals surface area contributed by atoms with E-state index in [1.165, 1.54) is 0 Å². The van der Waals surface area contributed by atoms with E-state index in [4.69, 9.17) is 5.73 Å². The average Bonchev–Trinajstić information content (AvgIpc) is 3.06. The summed E-state index contributed by atoms with van der Waals surface area (Å²) in [7, 11) is 0. The number of H-pyrrole nitrogens is 2. The van der Waals surface area contributed by atoms with Crippen molar-refractivity contribution < 1.29 is 0 Å². The van der Waals surface area contributed by atoms with Crippen LogP contribution in [0.3, 0.4) is 0 Å². The summed E-state index contributed by atoms with van der Waals surface area (Å²) in [4.78, 5) is 14.8. The number of benzene rings is 1. The Labute approximate surface area is 170 Å². The number of hydrogen-bond acceptors (Lipinski definition) is 5. The Bertz CT molecular complexity index is 1050. The molecular weight excluding hydrogens is 364 g/mol. The van der Waals surface area contributed by atoms with Gasteiger partial charge in [-0.25, -0.2) is 0 Å². The molecule has 1 aromatic carbocycles. The van der Waals surface area contributed by atoms with Crippen LogP contribution in [0.1, 0.15) is 46.2 Å². The van der Waals surface area contributed by atoms with Gasteiger partial charge in [0.1, 0.15) is 5.39 Å². The van der Waals surface area contributed by atoms with Crippen molar-refractivity contribution in [3.63, 3.8) is 0 Å². The number of nitrogens with two attached hydrogens (primary N) is 1. The highest BCUT2D eigenvalue weighted by molar-refractivity contribution is 5.90. The number of aromatic amines is 2. The molecule has 0 aliphatic heterocycles. The summed E-state index contributed by atoms with van der Waals surface area (Å²) in [6, 6.07) is 10.0. The molecule has 0 radical (unpaired) electrons. The van der Waals surface area contributed by atoms with E-state index in [-0.39, 0.29) is 17.0 Å². The predicted octanol–water partition coefficient (Wildman–Crippen LogP) is 4.13. The molecule has 0 aliphatic rings. The van der Waals surface area contributed by atoms with Crippen LogP contribution in [0.5, 0.6) is 0 Å². The molecule has 0 saturated heterocycles. The highest BCUT2D eigenvalue weighted by Crippen LogP contribution is 2.27. The van der Waals surface area contributed by atoms with Crippen LogP contribution in [0.25, 0.3) is 10.9 Å². The Kier molecular flexibility index (Phi) is 5.68. The van der Waals surface area contributed by atoms with Gasteiger partial charge >= 0.3 is 0 Å². The molecule has 3 rings (SSSR count). The molecule has 1 atom stereocenters. The number of aromatic nitrogens is 3. The monoisotopic (exact) mass is 394 g/mol. The molecule has 2 heterocycles. The maximum Gasteiger partial charge on any atom is 0.261 e. The minimum absolute atomic E-state index is 0.0769. The van der Waals surface area contributed by atoms with Crippen molar-refractivity contribution in [3.8, 4) is 0 Å². The second kappa shape index (κ2) is 8.03. The van der Waals surface area contributed by atoms with Gasteiger partial charge in [0, 0.05) is 29.2 Å². The van der Waals surface area contributed by atoms with E-state index in [2.05, 4.69) is 72.6 Å². The van der Waals surface area contributed by atoms with Crippen LogP contribution in [0.4, 0.5) is 11.5 Å². The van der Waals surface area contributed by atoms with Crippen LogP contribution in [-0.2, 0) is 0 Å². The lowest BCUT2D eigenvalue weighted by atomic mass is 9.92. The first-order valence-corrected chi connectivity index (χ1v) is 9.81. The number of fused-ring (bicyclic) bond motifs is 1. The minimum Gasteiger partial charge on any atom is -0.400 e. The summed E-state index contributed by atoms with van der Waals surface area (Å²) in [5.74, 6) is 0.890. The van der Waals surface area contributed by atoms with E-state index in [1.54, 1.807) is 12.3 Å². The Hall–Kier alpha value is -3.22. The standard InChI is InChI=1S/C22H30N6O/c1-13(2)19(25-12-17(23)22(3,4)5)14-6-8-15(9-7-14)26-20-18-16(27-28-20)10-11-24-21(18)29/h6-13,19,25H,23H2,1-5H3,(H,24,29)(H2,26,27,28)/b17-12-. The molecule has 0 saturated carbocycles. The van der Waals surface area contributed by atoms with Crippen molar-refractivity contribution in [2.75, 3.05) is 5.32 Å². The second-order valence-electron chi connectivity index (χ2n) is 8.65. The zero-order chi connectivity index (χ0) is 21.2. The van der Waals surface area contributed by atoms with E-state index in [0.29, 0.717) is 22.6 Å². The molecule has 0 amide bonds. The summed E-state index contributed by atoms with van der Waals surface area (Å²) in [6.07, 6.45) is 3.51. The summed E-state index contributed by atoms with van der Waals surface area (Å²) in [5.41, 5.74) is 9.46. The highest BCUT2D eigenvalue weighted by Gasteiger charge is 2.17. The lowest BCUT2D eigenvalue weighted by molar-refractivity contribution is 0.443. The molecule has 1 unspecified atom stereocenters. The third-order valence-corrected chi connectivity index (χ3v) is 4.97. The zero-order valence-electron chi connectivity index (χ0n) is 17.6. The molecule has 154 valence electrons. The topological polar surface area (TPSA) is 112 Å². The molecule has 0 spiro atoms. The van der Waals surface area contributed by atoms with Crippen LogP contribution in [0.15, 0.2) is 53.2 Å². The van der Waals surface area contributed by atoms with Crippen molar-refractivity contribution in [3.05, 3.63) is 64.3 Å². The lowest BCUT2D eigenvalue weighted by Gasteiger charge is -2.25. The highest BCUT2D eigenvalue weighted by atomic mass is 16.1. The molecule has 2 aromatic heterocycles. The van der Waals surface area contributed by atoms with Crippen LogP contribution < -0.4 is 21.9 Å². The predicted molar refractivity (Wildman–Crippen MR) is 119 cm³/mol. The van der Waals surface area contributed by atoms with Gasteiger partial charge in [0.25, 0.3) is 5.56 Å². The van der Waals surface area contributed by atoms with Gasteiger partial charge in [-0.05, 0) is 29.7 Å². The van der Waals surface area contributed by atoms with Crippen molar-refractivity contribution in [1.82, 2.24) is 20.5 Å². The van der Waals surface area contributed by atoms with Gasteiger partial charge in [0.15, 0.2) is 5.82 Å². The molecule has 7 heteroatoms. The normalized spacial score (nSPS) is 13.7. The molecular formula is C22H30N6O. The number of rotatable bonds is 6. The first-order chi connectivity index (χ1) is 13.7. The lowest BCUT2D eigenvalue weighted by Crippen LogP contribution is -2.25. The summed E-state index contributed by atoms with van der Waals surface area (Å²) in [5, 5.41) is 14.3. The Morgan fingerprint density at radius 3 is 2.48 bits per heavy atom. The van der Waals surface area contributed by atoms with Gasteiger partial charge in [-0.1, -0.05) is 46.8 Å². The Balaban J connectivity index is 1.80. The fraction of sp³-hybridized carbons (Fsp3) is 0.364. The maximum atomic E-state index is 12.1. The number of pyridine rings is 1. The minimum atomic E-state index is -0.178. The summed E-state index contributed by atoms with van der Waals surface area (Å²) in [6.45, 7) is 10.6. The Morgan fingerprint density at radius 2 is 1.86 bits per heavy atom. The van der Waals surface area contributed by atoms with E-state index in [9.17, 15) is 4.79 Å². The van der Waals surface area contributed by atoms with Crippen LogP contribution in [0.2, 0.25) is 0 Å². The van der Waals surface area contributed by atoms with E-state index in [1.807, 2.05) is 18.3 Å². The average molecular weight is 395 g/mol. The number of nitrogens with zero attached hydrogens (tertiary/aromatic N) is 1. The first-order valence-electron chi connectivity index (χ1n) is 9.81. The fourth-order valence-corrected chi connectivity index (χ4v) is 3.05. The van der Waals surface area contributed by atoms with Crippen molar-refractivity contribution in [2.24, 2.45) is 17.1 Å². The number of nitrogens with one attached hydrogen (secondary N) is 4. The largest absolute Gasteiger partial charge is 0.400 e. The van der Waals surface area contributed by atoms with Crippen molar-refractivity contribution in [2.45, 2.75) is 40.7 Å². The summed E-state index contributed by atoms with van der Waals surface area (Å²) < 4.78 is 0. The quantitative estimate of drug-likeness (QED) is 0.432. The molecule has 6 N–H and O–H groups in total. The summed E-state index contributed by atoms with van der Waals surface area (Å²) >= 11 is 0. The fourth-order valence-electron chi connectivity index (χ4n) is 3.05. The van der Waals surface area contributed by atoms with E-state index in [0.717, 1.165) is 16.9 Å². The molecule has 0 fully saturated rings. The van der Waals surface area contributed by atoms with Gasteiger partial charge in [-0.2, -0.15) is 5.10 Å². The molecule has 0 aliphatic carbocycles. The van der Waals surface area contributed by atoms with E-state index < -0.39 is 0 Å². The molecule has 7 nitrogen and oxygen atoms in total. The third kappa shape index (κ3) is 4.62. The van der Waals surface area contributed by atoms with Crippen LogP contribution >= 0.6 is 0 Å². The second-order valence-corrected chi connectivity index (χ2v) is 8.65. The van der Waals surface area contributed by atoms with E-state index >= 15 is 0 Å². The smallest absolute Gasteiger partial charge is 0.261 e. The third-order valence-electron chi connectivity index (χ3n) is 4.97. The van der Waals surface area contributed by atoms with Crippen molar-refractivity contribution in [1.29, 1.82) is 0 Å². The zero-order valence-corrected chi connectivity index (χ0v) is 17.6. The van der Waals surface area contributed by atoms with Crippen molar-refractivity contribution >= 4 is 22.4 Å². The van der Waals surface area contributed by atoms with Gasteiger partial charge in [-0.15, -0.1) is 0 Å². The molecule has 0 bridgehead atoms. The number of anilines is 2. The van der Waals surface area contributed by atoms with Crippen LogP contribution in [0, 0.1) is 11.3 Å². The molecule has 3 aromatic rings. The SMILES string of the molecule is CC(C)C(N/C=C(\N)C(C)(C)C)c1ccc(Nc2n[nH]c3cc[nH]c(=O)c23)cc1. The van der Waals surface area contributed by atoms with Crippen LogP contribution in [-0.4, -0.2) is 15.2 Å². The van der Waals surface area contributed by atoms with Gasteiger partial charge in [0.05, 0.1) is 11.6 Å². The number of allylic oxidation sites excluding steroid dienone is 1. The van der Waals surface area contributed by atoms with Gasteiger partial charge in [0.2, 0.25) is 0 Å². The van der Waals surface area contributed by atoms with Gasteiger partial charge < -0.3 is 21.4 Å². The Morgan fingerprint density at radius 1 is 1.17 bits per heavy atom. The maximum absolute atomic E-state index is 12.1. The number of hydrogen-bond donors (Lipinski definition) is 5. The van der Waals surface area contributed by atoms with Gasteiger partial charge in [-0.3, -0.25) is 9.89 Å². The first kappa shape index (κ1) is 20.5.